The largest absolute Gasteiger partial charge is 0.454 e. The minimum Gasteiger partial charge on any atom is -0.454 e. The number of carbonyl (C=O) groups is 2. The van der Waals surface area contributed by atoms with Gasteiger partial charge in [0.15, 0.2) is 11.5 Å². The van der Waals surface area contributed by atoms with Gasteiger partial charge in [-0.2, -0.15) is 0 Å². The number of fused-ring (bicyclic) bond motifs is 1. The first-order valence-electron chi connectivity index (χ1n) is 8.42. The van der Waals surface area contributed by atoms with Gasteiger partial charge in [-0.15, -0.1) is 11.3 Å². The van der Waals surface area contributed by atoms with Crippen molar-refractivity contribution in [3.63, 3.8) is 0 Å². The molecule has 28 heavy (non-hydrogen) atoms. The lowest BCUT2D eigenvalue weighted by Crippen LogP contribution is -2.24. The predicted molar refractivity (Wildman–Crippen MR) is 107 cm³/mol. The van der Waals surface area contributed by atoms with Crippen LogP contribution in [0.4, 0.5) is 5.69 Å². The molecule has 3 aromatic rings. The number of nitrogens with one attached hydrogen (secondary N) is 2. The highest BCUT2D eigenvalue weighted by molar-refractivity contribution is 7.18. The van der Waals surface area contributed by atoms with Crippen LogP contribution in [0.2, 0.25) is 4.34 Å². The number of para-hydroxylation sites is 1. The van der Waals surface area contributed by atoms with Crippen molar-refractivity contribution in [3.8, 4) is 11.5 Å². The van der Waals surface area contributed by atoms with Crippen molar-refractivity contribution in [1.82, 2.24) is 5.32 Å². The smallest absolute Gasteiger partial charge is 0.265 e. The third-order valence-electron chi connectivity index (χ3n) is 4.11. The Labute approximate surface area is 170 Å². The van der Waals surface area contributed by atoms with Gasteiger partial charge in [0.25, 0.3) is 11.8 Å². The number of carbonyl (C=O) groups excluding carboxylic acids is 2. The zero-order valence-electron chi connectivity index (χ0n) is 14.5. The first-order chi connectivity index (χ1) is 13.6. The van der Waals surface area contributed by atoms with Crippen molar-refractivity contribution < 1.29 is 19.1 Å². The minimum atomic E-state index is -0.312. The summed E-state index contributed by atoms with van der Waals surface area (Å²) in [5, 5.41) is 5.63. The van der Waals surface area contributed by atoms with Gasteiger partial charge in [0, 0.05) is 6.54 Å². The van der Waals surface area contributed by atoms with Crippen molar-refractivity contribution in [2.75, 3.05) is 12.1 Å². The van der Waals surface area contributed by atoms with Gasteiger partial charge in [-0.1, -0.05) is 29.8 Å². The normalized spacial score (nSPS) is 11.9. The average molecular weight is 415 g/mol. The van der Waals surface area contributed by atoms with Crippen molar-refractivity contribution in [1.29, 1.82) is 0 Å². The number of anilines is 1. The Morgan fingerprint density at radius 2 is 1.82 bits per heavy atom. The number of thiophene rings is 1. The van der Waals surface area contributed by atoms with Crippen molar-refractivity contribution in [3.05, 3.63) is 74.9 Å². The van der Waals surface area contributed by atoms with Gasteiger partial charge in [0.2, 0.25) is 6.79 Å². The van der Waals surface area contributed by atoms with E-state index in [-0.39, 0.29) is 18.6 Å². The Balaban J connectivity index is 1.45. The van der Waals surface area contributed by atoms with Crippen LogP contribution in [0.15, 0.2) is 54.6 Å². The molecule has 2 amide bonds. The van der Waals surface area contributed by atoms with E-state index < -0.39 is 0 Å². The van der Waals surface area contributed by atoms with Gasteiger partial charge in [0.05, 0.1) is 20.5 Å². The monoisotopic (exact) mass is 414 g/mol. The molecule has 2 aromatic carbocycles. The van der Waals surface area contributed by atoms with E-state index in [1.807, 2.05) is 18.2 Å². The third kappa shape index (κ3) is 3.95. The van der Waals surface area contributed by atoms with E-state index in [9.17, 15) is 9.59 Å². The molecule has 0 aliphatic carbocycles. The molecule has 0 spiro atoms. The van der Waals surface area contributed by atoms with Gasteiger partial charge >= 0.3 is 0 Å². The van der Waals surface area contributed by atoms with Crippen LogP contribution in [0.5, 0.6) is 11.5 Å². The zero-order valence-corrected chi connectivity index (χ0v) is 16.1. The zero-order chi connectivity index (χ0) is 19.5. The molecule has 6 nitrogen and oxygen atoms in total. The SMILES string of the molecule is O=C(Nc1ccccc1C(=O)NCc1ccc2c(c1)OCO2)c1ccc(Cl)s1. The fourth-order valence-corrected chi connectivity index (χ4v) is 3.68. The molecule has 0 unspecified atom stereocenters. The number of benzene rings is 2. The summed E-state index contributed by atoms with van der Waals surface area (Å²) in [6.07, 6.45) is 0. The lowest BCUT2D eigenvalue weighted by Gasteiger charge is -2.11. The van der Waals surface area contributed by atoms with E-state index in [0.717, 1.165) is 5.56 Å². The maximum absolute atomic E-state index is 12.7. The van der Waals surface area contributed by atoms with Crippen LogP contribution in [-0.2, 0) is 6.54 Å². The minimum absolute atomic E-state index is 0.202. The summed E-state index contributed by atoms with van der Waals surface area (Å²) in [5.74, 6) is 0.747. The molecule has 2 N–H and O–H groups in total. The number of rotatable bonds is 5. The number of ether oxygens (including phenoxy) is 2. The molecule has 2 heterocycles. The predicted octanol–water partition coefficient (Wildman–Crippen LogP) is 4.31. The Bertz CT molecular complexity index is 1050. The fraction of sp³-hybridized carbons (Fsp3) is 0.100. The van der Waals surface area contributed by atoms with Crippen LogP contribution in [0.3, 0.4) is 0 Å². The molecule has 0 saturated heterocycles. The molecule has 0 saturated carbocycles. The standard InChI is InChI=1S/C20H15ClN2O4S/c21-18-8-7-17(28-18)20(25)23-14-4-2-1-3-13(14)19(24)22-10-12-5-6-15-16(9-12)27-11-26-15/h1-9H,10-11H2,(H,22,24)(H,23,25). The molecular weight excluding hydrogens is 400 g/mol. The number of amides is 2. The molecule has 142 valence electrons. The van der Waals surface area contributed by atoms with E-state index in [4.69, 9.17) is 21.1 Å². The van der Waals surface area contributed by atoms with E-state index in [2.05, 4.69) is 10.6 Å². The van der Waals surface area contributed by atoms with Crippen LogP contribution in [0.1, 0.15) is 25.6 Å². The lowest BCUT2D eigenvalue weighted by atomic mass is 10.1. The van der Waals surface area contributed by atoms with Gasteiger partial charge in [-0.05, 0) is 42.0 Å². The Hall–Kier alpha value is -3.03. The van der Waals surface area contributed by atoms with E-state index >= 15 is 0 Å². The summed E-state index contributed by atoms with van der Waals surface area (Å²) in [4.78, 5) is 25.5. The van der Waals surface area contributed by atoms with Gasteiger partial charge in [0.1, 0.15) is 0 Å². The maximum Gasteiger partial charge on any atom is 0.265 e. The van der Waals surface area contributed by atoms with Crippen molar-refractivity contribution >= 4 is 40.4 Å². The van der Waals surface area contributed by atoms with E-state index in [1.165, 1.54) is 11.3 Å². The highest BCUT2D eigenvalue weighted by Gasteiger charge is 2.16. The maximum atomic E-state index is 12.7. The Morgan fingerprint density at radius 1 is 1.00 bits per heavy atom. The molecule has 0 fully saturated rings. The topological polar surface area (TPSA) is 76.7 Å². The number of hydrogen-bond donors (Lipinski definition) is 2. The summed E-state index contributed by atoms with van der Waals surface area (Å²) in [7, 11) is 0. The molecule has 8 heteroatoms. The molecule has 0 radical (unpaired) electrons. The summed E-state index contributed by atoms with van der Waals surface area (Å²) in [5.41, 5.74) is 1.69. The highest BCUT2D eigenvalue weighted by atomic mass is 35.5. The summed E-state index contributed by atoms with van der Waals surface area (Å²) in [6, 6.07) is 15.6. The quantitative estimate of drug-likeness (QED) is 0.652. The first-order valence-corrected chi connectivity index (χ1v) is 9.62. The van der Waals surface area contributed by atoms with Crippen LogP contribution < -0.4 is 20.1 Å². The fourth-order valence-electron chi connectivity index (χ4n) is 2.74. The molecule has 1 aliphatic heterocycles. The first kappa shape index (κ1) is 18.3. The van der Waals surface area contributed by atoms with Crippen molar-refractivity contribution in [2.45, 2.75) is 6.54 Å². The third-order valence-corrected chi connectivity index (χ3v) is 5.34. The van der Waals surface area contributed by atoms with Crippen LogP contribution in [0, 0.1) is 0 Å². The number of hydrogen-bond acceptors (Lipinski definition) is 5. The lowest BCUT2D eigenvalue weighted by molar-refractivity contribution is 0.0951. The molecule has 0 bridgehead atoms. The molecular formula is C20H15ClN2O4S. The molecule has 1 aliphatic rings. The second-order valence-electron chi connectivity index (χ2n) is 5.97. The summed E-state index contributed by atoms with van der Waals surface area (Å²) >= 11 is 7.06. The van der Waals surface area contributed by atoms with Crippen molar-refractivity contribution in [2.24, 2.45) is 0 Å². The second kappa shape index (κ2) is 7.92. The average Bonchev–Trinajstić information content (AvgIpc) is 3.35. The Morgan fingerprint density at radius 3 is 2.64 bits per heavy atom. The van der Waals surface area contributed by atoms with E-state index in [1.54, 1.807) is 36.4 Å². The number of halogens is 1. The van der Waals surface area contributed by atoms with E-state index in [0.29, 0.717) is 38.5 Å². The van der Waals surface area contributed by atoms with Crippen LogP contribution in [-0.4, -0.2) is 18.6 Å². The van der Waals surface area contributed by atoms with Gasteiger partial charge in [-0.3, -0.25) is 9.59 Å². The highest BCUT2D eigenvalue weighted by Crippen LogP contribution is 2.32. The molecule has 0 atom stereocenters. The summed E-state index contributed by atoms with van der Waals surface area (Å²) < 4.78 is 11.2. The molecule has 4 rings (SSSR count). The van der Waals surface area contributed by atoms with Crippen LogP contribution in [0.25, 0.3) is 0 Å². The van der Waals surface area contributed by atoms with Crippen LogP contribution >= 0.6 is 22.9 Å². The molecule has 1 aromatic heterocycles. The van der Waals surface area contributed by atoms with Gasteiger partial charge < -0.3 is 20.1 Å². The Kier molecular flexibility index (Phi) is 5.18. The van der Waals surface area contributed by atoms with Gasteiger partial charge in [-0.25, -0.2) is 0 Å². The second-order valence-corrected chi connectivity index (χ2v) is 7.69. The summed E-state index contributed by atoms with van der Waals surface area (Å²) in [6.45, 7) is 0.520.